The normalized spacial score (nSPS) is 20.6. The number of hydrogen-bond acceptors (Lipinski definition) is 13. The van der Waals surface area contributed by atoms with Gasteiger partial charge in [-0.1, -0.05) is 17.4 Å². The molecule has 4 aliphatic heterocycles. The molecule has 4 aliphatic rings. The van der Waals surface area contributed by atoms with Crippen LogP contribution in [0.1, 0.15) is 55.6 Å². The van der Waals surface area contributed by atoms with E-state index >= 15 is 0 Å². The van der Waals surface area contributed by atoms with Crippen molar-refractivity contribution in [1.29, 1.82) is 5.26 Å². The van der Waals surface area contributed by atoms with Crippen molar-refractivity contribution in [3.63, 3.8) is 0 Å². The van der Waals surface area contributed by atoms with Gasteiger partial charge in [-0.3, -0.25) is 19.9 Å². The lowest BCUT2D eigenvalue weighted by molar-refractivity contribution is -0.134. The lowest BCUT2D eigenvalue weighted by atomic mass is 9.72. The van der Waals surface area contributed by atoms with Crippen molar-refractivity contribution in [2.45, 2.75) is 44.4 Å². The van der Waals surface area contributed by atoms with Crippen LogP contribution in [0.15, 0.2) is 55.0 Å². The SMILES string of the molecule is CNc1cc(-c2ccc3cc(C#N)cnn23)ncc1-c1nnc(N2CC3(CCN(CC4CCN(c5ccc(C6CCC(=O)NC6=O)cn5)CC4)CC3)C2)s1. The Balaban J connectivity index is 0.750. The van der Waals surface area contributed by atoms with Gasteiger partial charge in [0, 0.05) is 69.7 Å². The molecule has 54 heavy (non-hydrogen) atoms. The largest absolute Gasteiger partial charge is 0.387 e. The molecule has 276 valence electrons. The van der Waals surface area contributed by atoms with E-state index in [9.17, 15) is 14.9 Å². The molecule has 1 unspecified atom stereocenters. The first-order valence-electron chi connectivity index (χ1n) is 18.8. The van der Waals surface area contributed by atoms with Crippen LogP contribution in [-0.2, 0) is 9.59 Å². The van der Waals surface area contributed by atoms with Crippen LogP contribution < -0.4 is 20.4 Å². The van der Waals surface area contributed by atoms with Gasteiger partial charge in [-0.05, 0) is 87.0 Å². The van der Waals surface area contributed by atoms with Crippen LogP contribution in [0.25, 0.3) is 27.5 Å². The number of fused-ring (bicyclic) bond motifs is 1. The molecule has 5 aromatic heterocycles. The summed E-state index contributed by atoms with van der Waals surface area (Å²) in [6.07, 6.45) is 10.9. The summed E-state index contributed by atoms with van der Waals surface area (Å²) in [5.74, 6) is 0.959. The van der Waals surface area contributed by atoms with Crippen molar-refractivity contribution in [2.75, 3.05) is 68.0 Å². The van der Waals surface area contributed by atoms with E-state index in [4.69, 9.17) is 9.97 Å². The molecule has 0 aromatic carbocycles. The summed E-state index contributed by atoms with van der Waals surface area (Å²) in [4.78, 5) is 40.7. The van der Waals surface area contributed by atoms with Gasteiger partial charge in [0.15, 0.2) is 5.01 Å². The number of anilines is 3. The van der Waals surface area contributed by atoms with Crippen LogP contribution in [0.3, 0.4) is 0 Å². The number of nitrogens with one attached hydrogen (secondary N) is 2. The highest BCUT2D eigenvalue weighted by Gasteiger charge is 2.46. The minimum absolute atomic E-state index is 0.192. The van der Waals surface area contributed by atoms with E-state index in [1.54, 1.807) is 22.0 Å². The molecule has 2 amide bonds. The average molecular weight is 743 g/mol. The zero-order valence-electron chi connectivity index (χ0n) is 30.2. The van der Waals surface area contributed by atoms with Gasteiger partial charge >= 0.3 is 0 Å². The number of amides is 2. The lowest BCUT2D eigenvalue weighted by Crippen LogP contribution is -2.60. The van der Waals surface area contributed by atoms with E-state index in [0.29, 0.717) is 29.7 Å². The van der Waals surface area contributed by atoms with Crippen molar-refractivity contribution in [2.24, 2.45) is 11.3 Å². The summed E-state index contributed by atoms with van der Waals surface area (Å²) >= 11 is 1.62. The molecule has 4 fully saturated rings. The first-order valence-corrected chi connectivity index (χ1v) is 19.6. The third-order valence-corrected chi connectivity index (χ3v) is 12.8. The molecule has 2 N–H and O–H groups in total. The minimum atomic E-state index is -0.294. The summed E-state index contributed by atoms with van der Waals surface area (Å²) in [5.41, 5.74) is 6.07. The second kappa shape index (κ2) is 14.1. The number of likely N-dealkylation sites (tertiary alicyclic amines) is 1. The second-order valence-corrected chi connectivity index (χ2v) is 16.2. The molecule has 5 aromatic rings. The Kier molecular flexibility index (Phi) is 8.94. The topological polar surface area (TPSA) is 161 Å². The number of aromatic nitrogens is 6. The molecule has 4 saturated heterocycles. The molecule has 15 heteroatoms. The highest BCUT2D eigenvalue weighted by molar-refractivity contribution is 7.18. The van der Waals surface area contributed by atoms with Gasteiger partial charge in [0.2, 0.25) is 16.9 Å². The fourth-order valence-electron chi connectivity index (χ4n) is 8.62. The Labute approximate surface area is 317 Å². The maximum absolute atomic E-state index is 12.3. The number of carbonyl (C=O) groups excluding carboxylic acids is 2. The third kappa shape index (κ3) is 6.53. The number of rotatable bonds is 8. The van der Waals surface area contributed by atoms with Gasteiger partial charge in [0.25, 0.3) is 0 Å². The van der Waals surface area contributed by atoms with Gasteiger partial charge in [-0.25, -0.2) is 9.50 Å². The monoisotopic (exact) mass is 742 g/mol. The van der Waals surface area contributed by atoms with Gasteiger partial charge in [0.05, 0.1) is 40.1 Å². The van der Waals surface area contributed by atoms with E-state index < -0.39 is 0 Å². The number of imide groups is 1. The van der Waals surface area contributed by atoms with E-state index in [1.807, 2.05) is 55.8 Å². The molecule has 0 radical (unpaired) electrons. The van der Waals surface area contributed by atoms with Crippen molar-refractivity contribution >= 4 is 45.3 Å². The van der Waals surface area contributed by atoms with Crippen LogP contribution >= 0.6 is 11.3 Å². The molecule has 9 heterocycles. The van der Waals surface area contributed by atoms with E-state index in [0.717, 1.165) is 108 Å². The van der Waals surface area contributed by atoms with Gasteiger partial charge in [-0.15, -0.1) is 10.2 Å². The van der Waals surface area contributed by atoms with Crippen LogP contribution in [0.5, 0.6) is 0 Å². The molecular weight excluding hydrogens is 701 g/mol. The lowest BCUT2D eigenvalue weighted by Gasteiger charge is -2.54. The third-order valence-electron chi connectivity index (χ3n) is 11.8. The zero-order chi connectivity index (χ0) is 36.8. The summed E-state index contributed by atoms with van der Waals surface area (Å²) in [6, 6.07) is 13.9. The molecule has 1 spiro atoms. The highest BCUT2D eigenvalue weighted by Crippen LogP contribution is 2.45. The Morgan fingerprint density at radius 3 is 2.54 bits per heavy atom. The average Bonchev–Trinajstić information content (AvgIpc) is 3.85. The smallest absolute Gasteiger partial charge is 0.234 e. The zero-order valence-corrected chi connectivity index (χ0v) is 31.1. The fraction of sp³-hybridized carbons (Fsp3) is 0.436. The minimum Gasteiger partial charge on any atom is -0.387 e. The van der Waals surface area contributed by atoms with Crippen molar-refractivity contribution < 1.29 is 9.59 Å². The molecule has 14 nitrogen and oxygen atoms in total. The quantitative estimate of drug-likeness (QED) is 0.214. The summed E-state index contributed by atoms with van der Waals surface area (Å²) in [6.45, 7) is 7.50. The van der Waals surface area contributed by atoms with Crippen LogP contribution in [0, 0.1) is 22.7 Å². The number of hydrogen-bond donors (Lipinski definition) is 2. The molecule has 0 bridgehead atoms. The van der Waals surface area contributed by atoms with E-state index in [-0.39, 0.29) is 17.7 Å². The number of nitriles is 1. The second-order valence-electron chi connectivity index (χ2n) is 15.2. The standard InChI is InChI=1S/C39H42N12O2S/c1-41-31-17-32(33-5-3-28-16-26(18-40)19-44-51(28)33)42-21-30(31)37-46-47-38(54-37)50-23-39(24-50)10-14-48(15-11-39)22-25-8-12-49(13-9-25)34-6-2-27(20-43-34)29-4-7-35(52)45-36(29)53/h2-3,5-6,16-17,19-21,25,29H,4,7-15,22-24H2,1H3,(H,41,42)(H,45,52,53). The van der Waals surface area contributed by atoms with Crippen LogP contribution in [-0.4, -0.2) is 99.4 Å². The molecule has 0 aliphatic carbocycles. The van der Waals surface area contributed by atoms with Gasteiger partial charge < -0.3 is 20.0 Å². The first-order chi connectivity index (χ1) is 26.4. The number of nitrogens with zero attached hydrogens (tertiary/aromatic N) is 10. The van der Waals surface area contributed by atoms with Crippen molar-refractivity contribution in [1.82, 2.24) is 40.0 Å². The van der Waals surface area contributed by atoms with E-state index in [1.165, 1.54) is 12.8 Å². The Morgan fingerprint density at radius 2 is 1.80 bits per heavy atom. The van der Waals surface area contributed by atoms with Crippen molar-refractivity contribution in [3.05, 3.63) is 66.1 Å². The maximum Gasteiger partial charge on any atom is 0.234 e. The van der Waals surface area contributed by atoms with Crippen molar-refractivity contribution in [3.8, 4) is 28.0 Å². The highest BCUT2D eigenvalue weighted by atomic mass is 32.1. The Morgan fingerprint density at radius 1 is 0.963 bits per heavy atom. The Hall–Kier alpha value is -5.46. The van der Waals surface area contributed by atoms with Crippen LogP contribution in [0.4, 0.5) is 16.6 Å². The first kappa shape index (κ1) is 34.3. The molecule has 0 saturated carbocycles. The molecular formula is C39H42N12O2S. The summed E-state index contributed by atoms with van der Waals surface area (Å²) in [7, 11) is 1.90. The Bertz CT molecular complexity index is 2240. The maximum atomic E-state index is 12.3. The van der Waals surface area contributed by atoms with Gasteiger partial charge in [0.1, 0.15) is 11.9 Å². The van der Waals surface area contributed by atoms with Gasteiger partial charge in [-0.2, -0.15) is 10.4 Å². The fourth-order valence-corrected chi connectivity index (χ4v) is 9.48. The number of carbonyl (C=O) groups is 2. The molecule has 1 atom stereocenters. The summed E-state index contributed by atoms with van der Waals surface area (Å²) in [5, 5.41) is 30.4. The summed E-state index contributed by atoms with van der Waals surface area (Å²) < 4.78 is 1.80. The van der Waals surface area contributed by atoms with E-state index in [2.05, 4.69) is 46.7 Å². The predicted octanol–water partition coefficient (Wildman–Crippen LogP) is 4.56. The molecule has 9 rings (SSSR count). The predicted molar refractivity (Wildman–Crippen MR) is 206 cm³/mol. The van der Waals surface area contributed by atoms with Crippen LogP contribution in [0.2, 0.25) is 0 Å². The number of piperidine rings is 3. The number of pyridine rings is 2.